The minimum atomic E-state index is -0.718. The molecule has 1 N–H and O–H groups in total. The SMILES string of the molecule is [C-]#[N+]c1cc(C#N)cc(Oc2c(Cl)ccc(Cc3n[nH]c(=O)n3C)c2F)c1. The maximum Gasteiger partial charge on any atom is 0.343 e. The Kier molecular flexibility index (Phi) is 4.93. The highest BCUT2D eigenvalue weighted by atomic mass is 35.5. The second kappa shape index (κ2) is 7.32. The smallest absolute Gasteiger partial charge is 0.343 e. The van der Waals surface area contributed by atoms with Crippen LogP contribution in [0.4, 0.5) is 10.1 Å². The number of halogens is 2. The van der Waals surface area contributed by atoms with Crippen LogP contribution in [0, 0.1) is 23.7 Å². The van der Waals surface area contributed by atoms with E-state index >= 15 is 0 Å². The highest BCUT2D eigenvalue weighted by Gasteiger charge is 2.17. The molecule has 0 saturated heterocycles. The van der Waals surface area contributed by atoms with Crippen LogP contribution in [0.3, 0.4) is 0 Å². The predicted molar refractivity (Wildman–Crippen MR) is 95.5 cm³/mol. The lowest BCUT2D eigenvalue weighted by Crippen LogP contribution is -2.15. The lowest BCUT2D eigenvalue weighted by molar-refractivity contribution is 0.439. The number of ether oxygens (including phenoxy) is 1. The first kappa shape index (κ1) is 18.2. The highest BCUT2D eigenvalue weighted by molar-refractivity contribution is 6.32. The van der Waals surface area contributed by atoms with Gasteiger partial charge in [-0.2, -0.15) is 10.4 Å². The number of aromatic nitrogens is 3. The Morgan fingerprint density at radius 2 is 2.22 bits per heavy atom. The van der Waals surface area contributed by atoms with Gasteiger partial charge in [-0.1, -0.05) is 17.7 Å². The van der Waals surface area contributed by atoms with E-state index in [2.05, 4.69) is 15.0 Å². The molecule has 0 aliphatic carbocycles. The summed E-state index contributed by atoms with van der Waals surface area (Å²) in [5.74, 6) is -0.496. The van der Waals surface area contributed by atoms with E-state index in [4.69, 9.17) is 28.2 Å². The van der Waals surface area contributed by atoms with Gasteiger partial charge < -0.3 is 4.74 Å². The van der Waals surface area contributed by atoms with Crippen molar-refractivity contribution >= 4 is 17.3 Å². The Hall–Kier alpha value is -3.62. The van der Waals surface area contributed by atoms with Gasteiger partial charge in [0.1, 0.15) is 11.6 Å². The normalized spacial score (nSPS) is 10.3. The van der Waals surface area contributed by atoms with Gasteiger partial charge in [-0.05, 0) is 29.8 Å². The van der Waals surface area contributed by atoms with Crippen LogP contribution in [-0.2, 0) is 13.5 Å². The van der Waals surface area contributed by atoms with Crippen molar-refractivity contribution in [2.45, 2.75) is 6.42 Å². The second-order valence-electron chi connectivity index (χ2n) is 5.57. The van der Waals surface area contributed by atoms with Crippen LogP contribution in [-0.4, -0.2) is 14.8 Å². The Balaban J connectivity index is 1.99. The molecule has 9 heteroatoms. The van der Waals surface area contributed by atoms with Crippen molar-refractivity contribution in [2.75, 3.05) is 0 Å². The summed E-state index contributed by atoms with van der Waals surface area (Å²) in [6, 6.07) is 9.01. The number of hydrogen-bond acceptors (Lipinski definition) is 4. The van der Waals surface area contributed by atoms with Crippen molar-refractivity contribution in [1.29, 1.82) is 5.26 Å². The van der Waals surface area contributed by atoms with Crippen molar-refractivity contribution < 1.29 is 9.13 Å². The van der Waals surface area contributed by atoms with Crippen LogP contribution in [0.25, 0.3) is 4.85 Å². The van der Waals surface area contributed by atoms with Gasteiger partial charge >= 0.3 is 5.69 Å². The monoisotopic (exact) mass is 383 g/mol. The number of H-pyrrole nitrogens is 1. The lowest BCUT2D eigenvalue weighted by Gasteiger charge is -2.12. The molecule has 1 heterocycles. The molecule has 0 spiro atoms. The summed E-state index contributed by atoms with van der Waals surface area (Å²) in [5.41, 5.74) is 0.204. The first-order valence-electron chi connectivity index (χ1n) is 7.60. The zero-order chi connectivity index (χ0) is 19.6. The van der Waals surface area contributed by atoms with Crippen LogP contribution >= 0.6 is 11.6 Å². The molecule has 3 aromatic rings. The number of benzene rings is 2. The average Bonchev–Trinajstić information content (AvgIpc) is 2.99. The van der Waals surface area contributed by atoms with E-state index in [1.54, 1.807) is 0 Å². The summed E-state index contributed by atoms with van der Waals surface area (Å²) in [6.45, 7) is 7.08. The minimum absolute atomic E-state index is 0.0267. The van der Waals surface area contributed by atoms with Crippen molar-refractivity contribution in [3.05, 3.63) is 80.0 Å². The Labute approximate surface area is 158 Å². The van der Waals surface area contributed by atoms with Crippen molar-refractivity contribution in [3.8, 4) is 17.6 Å². The molecular weight excluding hydrogens is 373 g/mol. The highest BCUT2D eigenvalue weighted by Crippen LogP contribution is 2.36. The molecule has 0 radical (unpaired) electrons. The average molecular weight is 384 g/mol. The molecular formula is C18H11ClFN5O2. The number of nitriles is 1. The van der Waals surface area contributed by atoms with Gasteiger partial charge in [0, 0.05) is 19.0 Å². The molecule has 7 nitrogen and oxygen atoms in total. The third kappa shape index (κ3) is 3.66. The number of nitrogens with zero attached hydrogens (tertiary/aromatic N) is 4. The first-order valence-corrected chi connectivity index (χ1v) is 7.98. The number of rotatable bonds is 4. The van der Waals surface area contributed by atoms with Gasteiger partial charge in [-0.25, -0.2) is 19.1 Å². The maximum absolute atomic E-state index is 14.9. The summed E-state index contributed by atoms with van der Waals surface area (Å²) in [4.78, 5) is 14.7. The first-order chi connectivity index (χ1) is 12.9. The molecule has 0 unspecified atom stereocenters. The minimum Gasteiger partial charge on any atom is -0.454 e. The fourth-order valence-electron chi connectivity index (χ4n) is 2.40. The zero-order valence-electron chi connectivity index (χ0n) is 14.0. The molecule has 134 valence electrons. The Morgan fingerprint density at radius 1 is 1.44 bits per heavy atom. The topological polar surface area (TPSA) is 88.1 Å². The standard InChI is InChI=1S/C18H11ClFN5O2/c1-22-12-5-10(9-21)6-13(8-12)27-17-14(19)4-3-11(16(17)20)7-15-23-24-18(26)25(15)2/h3-6,8H,7H2,2H3,(H,24,26). The van der Waals surface area contributed by atoms with Crippen LogP contribution in [0.2, 0.25) is 5.02 Å². The van der Waals surface area contributed by atoms with Crippen molar-refractivity contribution in [2.24, 2.45) is 7.05 Å². The van der Waals surface area contributed by atoms with Crippen molar-refractivity contribution in [1.82, 2.24) is 14.8 Å². The zero-order valence-corrected chi connectivity index (χ0v) is 14.7. The molecule has 0 aliphatic rings. The second-order valence-corrected chi connectivity index (χ2v) is 5.98. The molecule has 0 fully saturated rings. The number of nitrogens with one attached hydrogen (secondary N) is 1. The van der Waals surface area contributed by atoms with E-state index in [9.17, 15) is 9.18 Å². The van der Waals surface area contributed by atoms with Crippen LogP contribution in [0.15, 0.2) is 35.1 Å². The molecule has 0 aliphatic heterocycles. The van der Waals surface area contributed by atoms with Gasteiger partial charge in [-0.3, -0.25) is 4.57 Å². The van der Waals surface area contributed by atoms with E-state index in [1.807, 2.05) is 6.07 Å². The third-order valence-electron chi connectivity index (χ3n) is 3.82. The Morgan fingerprint density at radius 3 is 2.85 bits per heavy atom. The fraction of sp³-hybridized carbons (Fsp3) is 0.111. The summed E-state index contributed by atoms with van der Waals surface area (Å²) >= 11 is 6.07. The van der Waals surface area contributed by atoms with E-state index in [0.29, 0.717) is 5.82 Å². The summed E-state index contributed by atoms with van der Waals surface area (Å²) in [5, 5.41) is 15.2. The number of hydrogen-bond donors (Lipinski definition) is 1. The third-order valence-corrected chi connectivity index (χ3v) is 4.12. The fourth-order valence-corrected chi connectivity index (χ4v) is 2.59. The molecule has 0 atom stereocenters. The molecule has 2 aromatic carbocycles. The quantitative estimate of drug-likeness (QED) is 0.696. The van der Waals surface area contributed by atoms with Gasteiger partial charge in [0.15, 0.2) is 17.3 Å². The molecule has 0 amide bonds. The number of aromatic amines is 1. The molecule has 0 bridgehead atoms. The van der Waals surface area contributed by atoms with Crippen LogP contribution < -0.4 is 10.4 Å². The van der Waals surface area contributed by atoms with Crippen molar-refractivity contribution in [3.63, 3.8) is 0 Å². The predicted octanol–water partition coefficient (Wildman–Crippen LogP) is 3.71. The summed E-state index contributed by atoms with van der Waals surface area (Å²) < 4.78 is 21.8. The molecule has 1 aromatic heterocycles. The largest absolute Gasteiger partial charge is 0.454 e. The molecule has 3 rings (SSSR count). The van der Waals surface area contributed by atoms with E-state index in [-0.39, 0.29) is 39.8 Å². The van der Waals surface area contributed by atoms with Gasteiger partial charge in [0.2, 0.25) is 0 Å². The van der Waals surface area contributed by atoms with Gasteiger partial charge in [-0.15, -0.1) is 0 Å². The summed E-state index contributed by atoms with van der Waals surface area (Å²) in [7, 11) is 1.52. The lowest BCUT2D eigenvalue weighted by atomic mass is 10.1. The summed E-state index contributed by atoms with van der Waals surface area (Å²) in [6.07, 6.45) is 0.0418. The van der Waals surface area contributed by atoms with E-state index < -0.39 is 11.5 Å². The molecule has 0 saturated carbocycles. The Bertz CT molecular complexity index is 1140. The maximum atomic E-state index is 14.9. The van der Waals surface area contributed by atoms with Crippen LogP contribution in [0.5, 0.6) is 11.5 Å². The molecule has 27 heavy (non-hydrogen) atoms. The van der Waals surface area contributed by atoms with Gasteiger partial charge in [0.25, 0.3) is 0 Å². The van der Waals surface area contributed by atoms with E-state index in [1.165, 1.54) is 41.9 Å². The van der Waals surface area contributed by atoms with Crippen LogP contribution in [0.1, 0.15) is 17.0 Å². The van der Waals surface area contributed by atoms with E-state index in [0.717, 1.165) is 0 Å². The van der Waals surface area contributed by atoms with Gasteiger partial charge in [0.05, 0.1) is 17.7 Å².